The zero-order valence-corrected chi connectivity index (χ0v) is 17.1. The van der Waals surface area contributed by atoms with Crippen LogP contribution < -0.4 is 0 Å². The Balaban J connectivity index is 3.07. The fourth-order valence-electron chi connectivity index (χ4n) is 3.22. The Kier molecular flexibility index (Phi) is 22.1. The van der Waals surface area contributed by atoms with E-state index >= 15 is 0 Å². The van der Waals surface area contributed by atoms with Gasteiger partial charge in [0.2, 0.25) is 0 Å². The van der Waals surface area contributed by atoms with Gasteiger partial charge in [-0.1, -0.05) is 117 Å². The Morgan fingerprint density at radius 1 is 0.333 bits per heavy atom. The van der Waals surface area contributed by atoms with E-state index in [0.717, 1.165) is 12.8 Å². The molecule has 0 aliphatic rings. The Hall–Kier alpha value is -0.440. The highest BCUT2D eigenvalue weighted by atomic mass is 14.0. The fourth-order valence-corrected chi connectivity index (χ4v) is 3.22. The van der Waals surface area contributed by atoms with Crippen LogP contribution in [0.2, 0.25) is 0 Å². The molecular weight excluding hydrogens is 288 g/mol. The van der Waals surface area contributed by atoms with Gasteiger partial charge in [-0.25, -0.2) is 0 Å². The summed E-state index contributed by atoms with van der Waals surface area (Å²) in [7, 11) is 0. The molecule has 0 bridgehead atoms. The van der Waals surface area contributed by atoms with Gasteiger partial charge in [0.15, 0.2) is 0 Å². The first-order valence-electron chi connectivity index (χ1n) is 11.4. The maximum Gasteiger partial charge on any atom is 0.00886 e. The van der Waals surface area contributed by atoms with Crippen LogP contribution in [0.15, 0.2) is 0 Å². The monoisotopic (exact) mass is 334 g/mol. The molecule has 0 nitrogen and oxygen atoms in total. The van der Waals surface area contributed by atoms with E-state index in [4.69, 9.17) is 0 Å². The van der Waals surface area contributed by atoms with Gasteiger partial charge in [0.25, 0.3) is 0 Å². The van der Waals surface area contributed by atoms with Crippen LogP contribution in [0.3, 0.4) is 0 Å². The molecule has 0 atom stereocenters. The lowest BCUT2D eigenvalue weighted by Crippen LogP contribution is -1.81. The summed E-state index contributed by atoms with van der Waals surface area (Å²) in [5, 5.41) is 0. The van der Waals surface area contributed by atoms with Crippen LogP contribution in [-0.2, 0) is 0 Å². The molecule has 0 heteroatoms. The Morgan fingerprint density at radius 3 is 0.875 bits per heavy atom. The first-order valence-corrected chi connectivity index (χ1v) is 11.4. The average molecular weight is 335 g/mol. The summed E-state index contributed by atoms with van der Waals surface area (Å²) in [6.07, 6.45) is 27.7. The largest absolute Gasteiger partial charge is 0.103 e. The van der Waals surface area contributed by atoms with E-state index in [9.17, 15) is 0 Å². The molecule has 0 aliphatic carbocycles. The highest BCUT2D eigenvalue weighted by Gasteiger charge is 1.92. The standard InChI is InChI=1S/C24H46/c1-3-5-7-9-11-13-15-17-19-21-23-24-22-20-18-16-14-12-10-8-6-4-2/h3-22H2,1-2H3. The molecule has 0 unspecified atom stereocenters. The second-order valence-electron chi connectivity index (χ2n) is 7.51. The van der Waals surface area contributed by atoms with Crippen LogP contribution in [0, 0.1) is 11.8 Å². The molecule has 0 aromatic carbocycles. The van der Waals surface area contributed by atoms with E-state index in [2.05, 4.69) is 25.7 Å². The maximum atomic E-state index is 3.38. The van der Waals surface area contributed by atoms with Crippen molar-refractivity contribution in [1.29, 1.82) is 0 Å². The fraction of sp³-hybridized carbons (Fsp3) is 0.917. The third-order valence-electron chi connectivity index (χ3n) is 4.94. The van der Waals surface area contributed by atoms with Crippen molar-refractivity contribution in [3.8, 4) is 11.8 Å². The predicted molar refractivity (Wildman–Crippen MR) is 111 cm³/mol. The van der Waals surface area contributed by atoms with Crippen molar-refractivity contribution in [2.75, 3.05) is 0 Å². The molecule has 0 spiro atoms. The third-order valence-corrected chi connectivity index (χ3v) is 4.94. The van der Waals surface area contributed by atoms with Crippen molar-refractivity contribution in [3.05, 3.63) is 0 Å². The second kappa shape index (κ2) is 22.6. The minimum absolute atomic E-state index is 1.13. The van der Waals surface area contributed by atoms with Crippen molar-refractivity contribution in [3.63, 3.8) is 0 Å². The third kappa shape index (κ3) is 21.6. The summed E-state index contributed by atoms with van der Waals surface area (Å²) in [5.41, 5.74) is 0. The molecule has 0 amide bonds. The normalized spacial score (nSPS) is 10.6. The summed E-state index contributed by atoms with van der Waals surface area (Å²) >= 11 is 0. The molecule has 0 heterocycles. The van der Waals surface area contributed by atoms with E-state index in [-0.39, 0.29) is 0 Å². The van der Waals surface area contributed by atoms with Gasteiger partial charge in [0.05, 0.1) is 0 Å². The van der Waals surface area contributed by atoms with Gasteiger partial charge in [-0.2, -0.15) is 0 Å². The molecule has 0 aliphatic heterocycles. The molecule has 0 radical (unpaired) electrons. The average Bonchev–Trinajstić information content (AvgIpc) is 2.60. The van der Waals surface area contributed by atoms with Gasteiger partial charge in [0, 0.05) is 12.8 Å². The van der Waals surface area contributed by atoms with Crippen LogP contribution in [-0.4, -0.2) is 0 Å². The molecule has 142 valence electrons. The number of hydrogen-bond acceptors (Lipinski definition) is 0. The first-order chi connectivity index (χ1) is 11.9. The van der Waals surface area contributed by atoms with E-state index in [1.807, 2.05) is 0 Å². The number of rotatable bonds is 18. The molecule has 0 aromatic heterocycles. The lowest BCUT2D eigenvalue weighted by Gasteiger charge is -2.00. The minimum Gasteiger partial charge on any atom is -0.103 e. The van der Waals surface area contributed by atoms with Gasteiger partial charge < -0.3 is 0 Å². The Bertz CT molecular complexity index is 241. The van der Waals surface area contributed by atoms with Crippen molar-refractivity contribution < 1.29 is 0 Å². The molecule has 0 saturated heterocycles. The van der Waals surface area contributed by atoms with Gasteiger partial charge in [-0.05, 0) is 12.8 Å². The highest BCUT2D eigenvalue weighted by molar-refractivity contribution is 4.98. The number of unbranched alkanes of at least 4 members (excludes halogenated alkanes) is 18. The Labute approximate surface area is 154 Å². The van der Waals surface area contributed by atoms with Crippen molar-refractivity contribution >= 4 is 0 Å². The van der Waals surface area contributed by atoms with Gasteiger partial charge >= 0.3 is 0 Å². The molecule has 0 N–H and O–H groups in total. The second-order valence-corrected chi connectivity index (χ2v) is 7.51. The summed E-state index contributed by atoms with van der Waals surface area (Å²) in [5.74, 6) is 6.76. The van der Waals surface area contributed by atoms with Crippen molar-refractivity contribution in [1.82, 2.24) is 0 Å². The maximum absolute atomic E-state index is 3.38. The van der Waals surface area contributed by atoms with Crippen LogP contribution in [0.5, 0.6) is 0 Å². The summed E-state index contributed by atoms with van der Waals surface area (Å²) in [6, 6.07) is 0. The van der Waals surface area contributed by atoms with Crippen molar-refractivity contribution in [2.24, 2.45) is 0 Å². The van der Waals surface area contributed by atoms with Gasteiger partial charge in [-0.15, -0.1) is 11.8 Å². The van der Waals surface area contributed by atoms with E-state index in [1.165, 1.54) is 116 Å². The van der Waals surface area contributed by atoms with E-state index in [0.29, 0.717) is 0 Å². The smallest absolute Gasteiger partial charge is 0.00886 e. The zero-order chi connectivity index (χ0) is 17.6. The summed E-state index contributed by atoms with van der Waals surface area (Å²) in [6.45, 7) is 4.58. The summed E-state index contributed by atoms with van der Waals surface area (Å²) < 4.78 is 0. The Morgan fingerprint density at radius 2 is 0.583 bits per heavy atom. The van der Waals surface area contributed by atoms with Crippen LogP contribution in [0.1, 0.15) is 142 Å². The molecule has 0 rings (SSSR count). The topological polar surface area (TPSA) is 0 Å². The molecule has 0 fully saturated rings. The molecule has 24 heavy (non-hydrogen) atoms. The zero-order valence-electron chi connectivity index (χ0n) is 17.1. The van der Waals surface area contributed by atoms with Gasteiger partial charge in [0.1, 0.15) is 0 Å². The highest BCUT2D eigenvalue weighted by Crippen LogP contribution is 2.11. The van der Waals surface area contributed by atoms with Gasteiger partial charge in [-0.3, -0.25) is 0 Å². The van der Waals surface area contributed by atoms with Crippen LogP contribution in [0.25, 0.3) is 0 Å². The minimum atomic E-state index is 1.13. The SMILES string of the molecule is CCCCCCCCCCCC#CCCCCCCCCCCC. The lowest BCUT2D eigenvalue weighted by atomic mass is 10.1. The summed E-state index contributed by atoms with van der Waals surface area (Å²) in [4.78, 5) is 0. The lowest BCUT2D eigenvalue weighted by molar-refractivity contribution is 0.566. The molecule has 0 saturated carbocycles. The van der Waals surface area contributed by atoms with Crippen molar-refractivity contribution in [2.45, 2.75) is 142 Å². The molecule has 0 aromatic rings. The van der Waals surface area contributed by atoms with E-state index < -0.39 is 0 Å². The number of hydrogen-bond donors (Lipinski definition) is 0. The first kappa shape index (κ1) is 23.6. The van der Waals surface area contributed by atoms with E-state index in [1.54, 1.807) is 0 Å². The molecular formula is C24H46. The quantitative estimate of drug-likeness (QED) is 0.173. The van der Waals surface area contributed by atoms with Crippen LogP contribution in [0.4, 0.5) is 0 Å². The van der Waals surface area contributed by atoms with Crippen LogP contribution >= 0.6 is 0 Å². The predicted octanol–water partition coefficient (Wildman–Crippen LogP) is 8.83.